The molecule has 2 N–H and O–H groups in total. The molecule has 1 aliphatic heterocycles. The Morgan fingerprint density at radius 2 is 2.04 bits per heavy atom. The molecule has 26 heavy (non-hydrogen) atoms. The lowest BCUT2D eigenvalue weighted by Crippen LogP contribution is -2.43. The molecule has 0 bridgehead atoms. The Labute approximate surface area is 154 Å². The fourth-order valence-corrected chi connectivity index (χ4v) is 3.12. The van der Waals surface area contributed by atoms with Crippen molar-refractivity contribution < 1.29 is 28.9 Å². The maximum absolute atomic E-state index is 11.4. The second kappa shape index (κ2) is 9.54. The molecule has 1 aliphatic rings. The Bertz CT molecular complexity index is 614. The first kappa shape index (κ1) is 20.2. The molecule has 2 rings (SSSR count). The van der Waals surface area contributed by atoms with Crippen molar-refractivity contribution in [3.05, 3.63) is 29.8 Å². The van der Waals surface area contributed by atoms with Crippen LogP contribution < -0.4 is 10.1 Å². The molecule has 0 aromatic heterocycles. The molecular formula is C19H29N2O5+. The molecule has 7 heteroatoms. The third-order valence-electron chi connectivity index (χ3n) is 4.72. The molecule has 0 radical (unpaired) electrons. The van der Waals surface area contributed by atoms with E-state index >= 15 is 0 Å². The zero-order valence-corrected chi connectivity index (χ0v) is 15.6. The second-order valence-corrected chi connectivity index (χ2v) is 6.72. The Morgan fingerprint density at radius 1 is 1.31 bits per heavy atom. The number of esters is 1. The summed E-state index contributed by atoms with van der Waals surface area (Å²) in [5, 5.41) is 13.4. The van der Waals surface area contributed by atoms with Gasteiger partial charge >= 0.3 is 5.97 Å². The first-order valence-corrected chi connectivity index (χ1v) is 9.13. The van der Waals surface area contributed by atoms with Gasteiger partial charge in [-0.05, 0) is 25.5 Å². The van der Waals surface area contributed by atoms with E-state index in [1.54, 1.807) is 0 Å². The van der Waals surface area contributed by atoms with E-state index in [9.17, 15) is 14.8 Å². The normalized spacial score (nSPS) is 16.7. The molecule has 144 valence electrons. The predicted octanol–water partition coefficient (Wildman–Crippen LogP) is 2.20. The monoisotopic (exact) mass is 365 g/mol. The largest absolute Gasteiger partial charge is 0.494 e. The number of ether oxygens (including phenoxy) is 2. The molecule has 1 heterocycles. The van der Waals surface area contributed by atoms with Crippen LogP contribution in [-0.4, -0.2) is 54.6 Å². The van der Waals surface area contributed by atoms with Gasteiger partial charge in [0.1, 0.15) is 24.9 Å². The van der Waals surface area contributed by atoms with Crippen molar-refractivity contribution in [2.75, 3.05) is 32.8 Å². The summed E-state index contributed by atoms with van der Waals surface area (Å²) < 4.78 is 10.5. The molecule has 0 spiro atoms. The molecule has 1 fully saturated rings. The third kappa shape index (κ3) is 6.00. The molecule has 7 nitrogen and oxygen atoms in total. The Morgan fingerprint density at radius 3 is 2.73 bits per heavy atom. The van der Waals surface area contributed by atoms with Crippen molar-refractivity contribution in [3.63, 3.8) is 0 Å². The predicted molar refractivity (Wildman–Crippen MR) is 95.6 cm³/mol. The van der Waals surface area contributed by atoms with Crippen LogP contribution in [0.4, 0.5) is 0 Å². The minimum atomic E-state index is -0.474. The number of hydrogen-bond acceptors (Lipinski definition) is 5. The van der Waals surface area contributed by atoms with Gasteiger partial charge in [0.2, 0.25) is 0 Å². The van der Waals surface area contributed by atoms with Crippen molar-refractivity contribution in [2.24, 2.45) is 0 Å². The summed E-state index contributed by atoms with van der Waals surface area (Å²) in [5.41, 5.74) is 1.06. The molecule has 1 aromatic carbocycles. The van der Waals surface area contributed by atoms with Crippen molar-refractivity contribution in [1.29, 1.82) is 0 Å². The number of carbonyl (C=O) groups excluding carboxylic acids is 2. The summed E-state index contributed by atoms with van der Waals surface area (Å²) in [7, 11) is 0. The number of hydroxylamine groups is 3. The maximum Gasteiger partial charge on any atom is 0.303 e. The van der Waals surface area contributed by atoms with E-state index in [-0.39, 0.29) is 23.2 Å². The summed E-state index contributed by atoms with van der Waals surface area (Å²) in [6.07, 6.45) is 2.76. The molecular weight excluding hydrogens is 336 g/mol. The van der Waals surface area contributed by atoms with E-state index in [0.29, 0.717) is 19.6 Å². The highest BCUT2D eigenvalue weighted by atomic mass is 16.5. The Kier molecular flexibility index (Phi) is 7.41. The molecule has 1 amide bonds. The van der Waals surface area contributed by atoms with Crippen LogP contribution in [0.15, 0.2) is 24.3 Å². The van der Waals surface area contributed by atoms with Gasteiger partial charge in [-0.2, -0.15) is 4.65 Å². The minimum Gasteiger partial charge on any atom is -0.494 e. The van der Waals surface area contributed by atoms with Gasteiger partial charge in [-0.15, -0.1) is 0 Å². The van der Waals surface area contributed by atoms with Gasteiger partial charge in [-0.3, -0.25) is 9.59 Å². The highest BCUT2D eigenvalue weighted by Gasteiger charge is 2.37. The topological polar surface area (TPSA) is 84.9 Å². The lowest BCUT2D eigenvalue weighted by molar-refractivity contribution is -1.12. The number of nitrogens with one attached hydrogen (secondary N) is 1. The van der Waals surface area contributed by atoms with E-state index < -0.39 is 5.97 Å². The number of nitrogens with zero attached hydrogens (tertiary/aromatic N) is 1. The zero-order chi connectivity index (χ0) is 19.0. The molecule has 1 unspecified atom stereocenters. The van der Waals surface area contributed by atoms with Crippen LogP contribution in [0.2, 0.25) is 0 Å². The van der Waals surface area contributed by atoms with E-state index in [0.717, 1.165) is 37.2 Å². The summed E-state index contributed by atoms with van der Waals surface area (Å²) in [5.74, 6) is -0.0385. The van der Waals surface area contributed by atoms with Gasteiger partial charge in [-0.25, -0.2) is 5.21 Å². The Hall–Kier alpha value is -2.12. The Balaban J connectivity index is 1.73. The van der Waals surface area contributed by atoms with Gasteiger partial charge < -0.3 is 14.8 Å². The van der Waals surface area contributed by atoms with Gasteiger partial charge in [-0.1, -0.05) is 12.1 Å². The lowest BCUT2D eigenvalue weighted by atomic mass is 10.1. The van der Waals surface area contributed by atoms with Crippen LogP contribution in [0.25, 0.3) is 0 Å². The van der Waals surface area contributed by atoms with Crippen LogP contribution in [-0.2, 0) is 14.3 Å². The van der Waals surface area contributed by atoms with E-state index in [2.05, 4.69) is 10.1 Å². The van der Waals surface area contributed by atoms with Crippen molar-refractivity contribution in [1.82, 2.24) is 5.32 Å². The number of amides is 1. The number of carbonyl (C=O) groups is 2. The number of hydrogen-bond donors (Lipinski definition) is 2. The van der Waals surface area contributed by atoms with Gasteiger partial charge in [0.15, 0.2) is 6.61 Å². The van der Waals surface area contributed by atoms with E-state index in [1.165, 1.54) is 6.92 Å². The summed E-state index contributed by atoms with van der Waals surface area (Å²) in [6, 6.07) is 7.83. The van der Waals surface area contributed by atoms with E-state index in [1.807, 2.05) is 31.2 Å². The van der Waals surface area contributed by atoms with Crippen LogP contribution >= 0.6 is 0 Å². The third-order valence-corrected chi connectivity index (χ3v) is 4.72. The lowest BCUT2D eigenvalue weighted by Gasteiger charge is -2.31. The minimum absolute atomic E-state index is 0.0154. The van der Waals surface area contributed by atoms with Gasteiger partial charge in [0.25, 0.3) is 5.91 Å². The second-order valence-electron chi connectivity index (χ2n) is 6.72. The average Bonchev–Trinajstić information content (AvgIpc) is 3.07. The maximum atomic E-state index is 11.4. The summed E-state index contributed by atoms with van der Waals surface area (Å²) in [4.78, 5) is 22.0. The number of benzene rings is 1. The smallest absolute Gasteiger partial charge is 0.303 e. The van der Waals surface area contributed by atoms with Crippen molar-refractivity contribution in [2.45, 2.75) is 39.2 Å². The average molecular weight is 365 g/mol. The van der Waals surface area contributed by atoms with Crippen LogP contribution in [0, 0.1) is 0 Å². The highest BCUT2D eigenvalue weighted by Crippen LogP contribution is 2.32. The van der Waals surface area contributed by atoms with Gasteiger partial charge in [0.05, 0.1) is 6.61 Å². The van der Waals surface area contributed by atoms with Crippen LogP contribution in [0.3, 0.4) is 0 Å². The highest BCUT2D eigenvalue weighted by molar-refractivity contribution is 5.79. The molecule has 1 saturated heterocycles. The van der Waals surface area contributed by atoms with Crippen LogP contribution in [0.5, 0.6) is 5.75 Å². The van der Waals surface area contributed by atoms with E-state index in [4.69, 9.17) is 4.74 Å². The van der Waals surface area contributed by atoms with Crippen molar-refractivity contribution >= 4 is 11.9 Å². The van der Waals surface area contributed by atoms with Gasteiger partial charge in [0, 0.05) is 31.9 Å². The molecule has 1 aromatic rings. The fourth-order valence-electron chi connectivity index (χ4n) is 3.12. The standard InChI is InChI=1S/C19H28N2O5/c1-15(21(24)10-3-4-11-21)17-7-5-8-18(13-17)25-12-6-9-20-19(23)14-26-16(2)22/h5,7-8,13,15,24H,3-4,6,9-12,14H2,1-2H3/p+1. The number of quaternary nitrogens is 1. The quantitative estimate of drug-likeness (QED) is 0.398. The molecule has 0 aliphatic carbocycles. The first-order valence-electron chi connectivity index (χ1n) is 9.13. The van der Waals surface area contributed by atoms with Crippen molar-refractivity contribution in [3.8, 4) is 5.75 Å². The zero-order valence-electron chi connectivity index (χ0n) is 15.6. The SMILES string of the molecule is CC(=O)OCC(=O)NCCCOc1cccc(C(C)[N+]2(O)CCCC2)c1. The first-order chi connectivity index (χ1) is 12.4. The summed E-state index contributed by atoms with van der Waals surface area (Å²) >= 11 is 0. The molecule has 1 atom stereocenters. The molecule has 0 saturated carbocycles. The van der Waals surface area contributed by atoms with Crippen LogP contribution in [0.1, 0.15) is 44.7 Å². The fraction of sp³-hybridized carbons (Fsp3) is 0.579. The number of likely N-dealkylation sites (tertiary alicyclic amines) is 1. The summed E-state index contributed by atoms with van der Waals surface area (Å²) in [6.45, 7) is 5.55. The number of rotatable bonds is 9.